The van der Waals surface area contributed by atoms with Gasteiger partial charge in [0.1, 0.15) is 28.6 Å². The third kappa shape index (κ3) is 2.01. The van der Waals surface area contributed by atoms with E-state index in [0.29, 0.717) is 20.1 Å². The molecule has 2 aromatic rings. The molecular formula is C11H12BrN3O4S. The lowest BCUT2D eigenvalue weighted by Crippen LogP contribution is -2.33. The Balaban J connectivity index is 2.12. The maximum absolute atomic E-state index is 10.1. The number of hydrogen-bond donors (Lipinski definition) is 4. The number of ether oxygens (including phenoxy) is 1. The second-order valence-corrected chi connectivity index (χ2v) is 5.79. The number of hydrogen-bond acceptors (Lipinski definition) is 6. The predicted molar refractivity (Wildman–Crippen MR) is 75.6 cm³/mol. The fourth-order valence-electron chi connectivity index (χ4n) is 2.37. The molecule has 0 amide bonds. The minimum absolute atomic E-state index is 0.368. The van der Waals surface area contributed by atoms with E-state index in [1.807, 2.05) is 0 Å². The number of nitrogens with one attached hydrogen (secondary N) is 1. The first kappa shape index (κ1) is 14.1. The summed E-state index contributed by atoms with van der Waals surface area (Å²) in [7, 11) is 0. The zero-order chi connectivity index (χ0) is 14.4. The summed E-state index contributed by atoms with van der Waals surface area (Å²) < 4.78 is 8.25. The minimum atomic E-state index is -1.15. The number of rotatable bonds is 2. The lowest BCUT2D eigenvalue weighted by Gasteiger charge is -2.17. The molecule has 0 bridgehead atoms. The highest BCUT2D eigenvalue weighted by Crippen LogP contribution is 2.34. The first-order valence-corrected chi connectivity index (χ1v) is 7.11. The van der Waals surface area contributed by atoms with Crippen LogP contribution in [-0.4, -0.2) is 54.8 Å². The van der Waals surface area contributed by atoms with Crippen molar-refractivity contribution in [3.63, 3.8) is 0 Å². The maximum atomic E-state index is 10.1. The van der Waals surface area contributed by atoms with E-state index in [1.165, 1.54) is 6.33 Å². The van der Waals surface area contributed by atoms with Gasteiger partial charge in [-0.15, -0.1) is 0 Å². The Morgan fingerprint density at radius 1 is 1.45 bits per heavy atom. The predicted octanol–water partition coefficient (Wildman–Crippen LogP) is 0.468. The van der Waals surface area contributed by atoms with Crippen LogP contribution in [0.1, 0.15) is 6.23 Å². The number of fused-ring (bicyclic) bond motifs is 1. The molecule has 4 atom stereocenters. The van der Waals surface area contributed by atoms with E-state index in [1.54, 1.807) is 10.8 Å². The number of aliphatic hydroxyl groups is 3. The third-order valence-corrected chi connectivity index (χ3v) is 4.29. The van der Waals surface area contributed by atoms with Gasteiger partial charge < -0.3 is 29.6 Å². The zero-order valence-electron chi connectivity index (χ0n) is 10.1. The van der Waals surface area contributed by atoms with Crippen LogP contribution < -0.4 is 0 Å². The Hall–Kier alpha value is -0.840. The molecule has 0 spiro atoms. The lowest BCUT2D eigenvalue weighted by molar-refractivity contribution is -0.0509. The van der Waals surface area contributed by atoms with Crippen molar-refractivity contribution in [2.24, 2.45) is 0 Å². The second-order valence-electron chi connectivity index (χ2n) is 4.54. The molecule has 4 N–H and O–H groups in total. The molecule has 1 fully saturated rings. The van der Waals surface area contributed by atoms with Crippen molar-refractivity contribution in [3.05, 3.63) is 21.6 Å². The van der Waals surface area contributed by atoms with Gasteiger partial charge in [-0.05, 0) is 15.9 Å². The fourth-order valence-corrected chi connectivity index (χ4v) is 3.36. The summed E-state index contributed by atoms with van der Waals surface area (Å²) in [5.41, 5.74) is 0.617. The molecule has 0 saturated carbocycles. The highest BCUT2D eigenvalue weighted by Gasteiger charge is 2.43. The molecule has 0 radical (unpaired) electrons. The molecule has 2 aromatic heterocycles. The Labute approximate surface area is 127 Å². The summed E-state index contributed by atoms with van der Waals surface area (Å²) in [5, 5.41) is 29.7. The molecule has 1 saturated heterocycles. The summed E-state index contributed by atoms with van der Waals surface area (Å²) in [4.78, 5) is 6.94. The third-order valence-electron chi connectivity index (χ3n) is 3.37. The van der Waals surface area contributed by atoms with Crippen molar-refractivity contribution in [3.8, 4) is 0 Å². The normalized spacial score (nSPS) is 30.2. The average molecular weight is 362 g/mol. The number of aromatic nitrogens is 3. The molecule has 0 aliphatic carbocycles. The van der Waals surface area contributed by atoms with Crippen LogP contribution in [0.25, 0.3) is 11.0 Å². The minimum Gasteiger partial charge on any atom is -0.394 e. The summed E-state index contributed by atoms with van der Waals surface area (Å²) in [5.74, 6) is 0. The van der Waals surface area contributed by atoms with E-state index < -0.39 is 24.5 Å². The Bertz CT molecular complexity index is 703. The monoisotopic (exact) mass is 361 g/mol. The second kappa shape index (κ2) is 5.17. The number of halogens is 1. The standard InChI is InChI=1S/C11H12BrN3O4S/c12-4-1-15(9-6(4)10(20)14-3-13-9)11-8(18)7(17)5(2-16)19-11/h1,3,5,7-8,11,16-18H,2H2,(H,13,14,20)/t5-,7+,8+,11-/m0/s1. The van der Waals surface area contributed by atoms with E-state index in [0.717, 1.165) is 0 Å². The first-order chi connectivity index (χ1) is 9.54. The van der Waals surface area contributed by atoms with Crippen LogP contribution in [-0.2, 0) is 4.74 Å². The van der Waals surface area contributed by atoms with Crippen LogP contribution in [0.3, 0.4) is 0 Å². The van der Waals surface area contributed by atoms with Crippen molar-refractivity contribution >= 4 is 39.2 Å². The van der Waals surface area contributed by atoms with Gasteiger partial charge in [0, 0.05) is 10.7 Å². The number of aliphatic hydroxyl groups excluding tert-OH is 3. The molecular weight excluding hydrogens is 350 g/mol. The molecule has 0 aromatic carbocycles. The van der Waals surface area contributed by atoms with Crippen molar-refractivity contribution in [2.45, 2.75) is 24.5 Å². The number of nitrogens with zero attached hydrogens (tertiary/aromatic N) is 2. The summed E-state index contributed by atoms with van der Waals surface area (Å²) in [6.45, 7) is -0.368. The van der Waals surface area contributed by atoms with Gasteiger partial charge in [-0.3, -0.25) is 0 Å². The zero-order valence-corrected chi connectivity index (χ0v) is 12.5. The van der Waals surface area contributed by atoms with Crippen LogP contribution in [0.15, 0.2) is 17.0 Å². The maximum Gasteiger partial charge on any atom is 0.164 e. The van der Waals surface area contributed by atoms with Gasteiger partial charge in [0.15, 0.2) is 6.23 Å². The molecule has 1 aliphatic rings. The van der Waals surface area contributed by atoms with Crippen molar-refractivity contribution in [2.75, 3.05) is 6.61 Å². The largest absolute Gasteiger partial charge is 0.394 e. The lowest BCUT2D eigenvalue weighted by atomic mass is 10.1. The summed E-state index contributed by atoms with van der Waals surface area (Å²) in [6.07, 6.45) is -0.788. The Morgan fingerprint density at radius 3 is 2.85 bits per heavy atom. The molecule has 3 rings (SSSR count). The summed E-state index contributed by atoms with van der Waals surface area (Å²) >= 11 is 8.55. The molecule has 3 heterocycles. The van der Waals surface area contributed by atoms with E-state index in [2.05, 4.69) is 25.9 Å². The first-order valence-electron chi connectivity index (χ1n) is 5.90. The van der Waals surface area contributed by atoms with Crippen molar-refractivity contribution in [1.29, 1.82) is 0 Å². The van der Waals surface area contributed by atoms with E-state index in [-0.39, 0.29) is 6.61 Å². The topological polar surface area (TPSA) is 104 Å². The molecule has 0 unspecified atom stereocenters. The average Bonchev–Trinajstić information content (AvgIpc) is 2.90. The summed E-state index contributed by atoms with van der Waals surface area (Å²) in [6, 6.07) is 0. The van der Waals surface area contributed by atoms with E-state index in [4.69, 9.17) is 22.1 Å². The van der Waals surface area contributed by atoms with Crippen molar-refractivity contribution < 1.29 is 20.1 Å². The van der Waals surface area contributed by atoms with Crippen LogP contribution in [0, 0.1) is 4.64 Å². The smallest absolute Gasteiger partial charge is 0.164 e. The van der Waals surface area contributed by atoms with Crippen LogP contribution in [0.2, 0.25) is 0 Å². The van der Waals surface area contributed by atoms with Crippen LogP contribution in [0.5, 0.6) is 0 Å². The molecule has 7 nitrogen and oxygen atoms in total. The Kier molecular flexibility index (Phi) is 3.65. The van der Waals surface area contributed by atoms with Crippen molar-refractivity contribution in [1.82, 2.24) is 14.5 Å². The van der Waals surface area contributed by atoms with Gasteiger partial charge in [-0.25, -0.2) is 4.98 Å². The van der Waals surface area contributed by atoms with Crippen LogP contribution >= 0.6 is 28.1 Å². The van der Waals surface area contributed by atoms with E-state index in [9.17, 15) is 10.2 Å². The van der Waals surface area contributed by atoms with Gasteiger partial charge in [0.25, 0.3) is 0 Å². The Morgan fingerprint density at radius 2 is 2.20 bits per heavy atom. The van der Waals surface area contributed by atoms with Gasteiger partial charge in [0.05, 0.1) is 18.3 Å². The van der Waals surface area contributed by atoms with Gasteiger partial charge in [-0.2, -0.15) is 0 Å². The van der Waals surface area contributed by atoms with Crippen LogP contribution in [0.4, 0.5) is 0 Å². The molecule has 1 aliphatic heterocycles. The van der Waals surface area contributed by atoms with Gasteiger partial charge in [-0.1, -0.05) is 12.2 Å². The molecule has 9 heteroatoms. The van der Waals surface area contributed by atoms with E-state index >= 15 is 0 Å². The van der Waals surface area contributed by atoms with Gasteiger partial charge in [0.2, 0.25) is 0 Å². The number of aromatic amines is 1. The highest BCUT2D eigenvalue weighted by atomic mass is 79.9. The number of H-pyrrole nitrogens is 1. The highest BCUT2D eigenvalue weighted by molar-refractivity contribution is 9.10. The molecule has 108 valence electrons. The molecule has 20 heavy (non-hydrogen) atoms. The SMILES string of the molecule is OC[C@@H]1O[C@H](n2cc(Br)c3c(=S)nc[nH]c32)[C@H](O)[C@@H]1O. The fraction of sp³-hybridized carbons (Fsp3) is 0.455. The van der Waals surface area contributed by atoms with Gasteiger partial charge >= 0.3 is 0 Å². The quantitative estimate of drug-likeness (QED) is 0.579.